The number of benzene rings is 1. The second-order valence-corrected chi connectivity index (χ2v) is 4.08. The van der Waals surface area contributed by atoms with Gasteiger partial charge in [0.05, 0.1) is 5.69 Å². The molecular weight excluding hydrogens is 191 g/mol. The SMILES string of the molecule is CC(CCN)c1ccc(F)c(N(C)C)c1. The van der Waals surface area contributed by atoms with Crippen LogP contribution in [0.25, 0.3) is 0 Å². The van der Waals surface area contributed by atoms with Gasteiger partial charge in [-0.2, -0.15) is 0 Å². The van der Waals surface area contributed by atoms with Crippen LogP contribution in [0.4, 0.5) is 10.1 Å². The molecule has 15 heavy (non-hydrogen) atoms. The molecule has 1 atom stereocenters. The molecule has 0 spiro atoms. The van der Waals surface area contributed by atoms with Gasteiger partial charge < -0.3 is 10.6 Å². The van der Waals surface area contributed by atoms with Gasteiger partial charge in [0.2, 0.25) is 0 Å². The van der Waals surface area contributed by atoms with Crippen LogP contribution in [0.3, 0.4) is 0 Å². The molecule has 1 unspecified atom stereocenters. The quantitative estimate of drug-likeness (QED) is 0.826. The molecule has 0 aliphatic heterocycles. The first-order valence-corrected chi connectivity index (χ1v) is 5.23. The first-order valence-electron chi connectivity index (χ1n) is 5.23. The van der Waals surface area contributed by atoms with Crippen molar-refractivity contribution in [2.75, 3.05) is 25.5 Å². The predicted molar refractivity (Wildman–Crippen MR) is 62.8 cm³/mol. The average molecular weight is 210 g/mol. The first-order chi connectivity index (χ1) is 7.06. The summed E-state index contributed by atoms with van der Waals surface area (Å²) in [6.07, 6.45) is 0.929. The summed E-state index contributed by atoms with van der Waals surface area (Å²) in [5, 5.41) is 0. The van der Waals surface area contributed by atoms with Crippen molar-refractivity contribution in [3.8, 4) is 0 Å². The molecule has 2 nitrogen and oxygen atoms in total. The van der Waals surface area contributed by atoms with Gasteiger partial charge in [-0.25, -0.2) is 4.39 Å². The van der Waals surface area contributed by atoms with Crippen molar-refractivity contribution in [1.29, 1.82) is 0 Å². The Hall–Kier alpha value is -1.09. The van der Waals surface area contributed by atoms with E-state index in [0.717, 1.165) is 12.0 Å². The summed E-state index contributed by atoms with van der Waals surface area (Å²) < 4.78 is 13.4. The number of hydrogen-bond donors (Lipinski definition) is 1. The largest absolute Gasteiger partial charge is 0.375 e. The minimum Gasteiger partial charge on any atom is -0.375 e. The minimum absolute atomic E-state index is 0.177. The second-order valence-electron chi connectivity index (χ2n) is 4.08. The summed E-state index contributed by atoms with van der Waals surface area (Å²) in [7, 11) is 3.69. The van der Waals surface area contributed by atoms with Gasteiger partial charge in [0, 0.05) is 14.1 Å². The van der Waals surface area contributed by atoms with Crippen LogP contribution in [-0.4, -0.2) is 20.6 Å². The Morgan fingerprint density at radius 3 is 2.60 bits per heavy atom. The molecule has 0 heterocycles. The lowest BCUT2D eigenvalue weighted by Gasteiger charge is -2.17. The van der Waals surface area contributed by atoms with Gasteiger partial charge in [-0.05, 0) is 36.6 Å². The van der Waals surface area contributed by atoms with Gasteiger partial charge in [0.25, 0.3) is 0 Å². The molecule has 0 aromatic heterocycles. The van der Waals surface area contributed by atoms with E-state index in [2.05, 4.69) is 6.92 Å². The molecule has 0 fully saturated rings. The van der Waals surface area contributed by atoms with E-state index < -0.39 is 0 Å². The molecule has 0 saturated carbocycles. The highest BCUT2D eigenvalue weighted by atomic mass is 19.1. The van der Waals surface area contributed by atoms with E-state index in [1.54, 1.807) is 4.90 Å². The van der Waals surface area contributed by atoms with Crippen LogP contribution in [0, 0.1) is 5.82 Å². The maximum atomic E-state index is 13.4. The van der Waals surface area contributed by atoms with E-state index in [0.29, 0.717) is 18.2 Å². The van der Waals surface area contributed by atoms with E-state index >= 15 is 0 Å². The lowest BCUT2D eigenvalue weighted by molar-refractivity contribution is 0.622. The van der Waals surface area contributed by atoms with E-state index in [-0.39, 0.29) is 5.82 Å². The highest BCUT2D eigenvalue weighted by Gasteiger charge is 2.09. The molecule has 1 aromatic carbocycles. The van der Waals surface area contributed by atoms with Crippen LogP contribution in [-0.2, 0) is 0 Å². The van der Waals surface area contributed by atoms with Crippen molar-refractivity contribution in [3.63, 3.8) is 0 Å². The second kappa shape index (κ2) is 5.12. The highest BCUT2D eigenvalue weighted by molar-refractivity contribution is 5.49. The molecule has 0 aliphatic rings. The number of rotatable bonds is 4. The van der Waals surface area contributed by atoms with Gasteiger partial charge in [-0.3, -0.25) is 0 Å². The summed E-state index contributed by atoms with van der Waals surface area (Å²) >= 11 is 0. The van der Waals surface area contributed by atoms with Crippen molar-refractivity contribution >= 4 is 5.69 Å². The smallest absolute Gasteiger partial charge is 0.146 e. The number of anilines is 1. The van der Waals surface area contributed by atoms with E-state index in [1.165, 1.54) is 6.07 Å². The van der Waals surface area contributed by atoms with Gasteiger partial charge in [-0.15, -0.1) is 0 Å². The van der Waals surface area contributed by atoms with Gasteiger partial charge >= 0.3 is 0 Å². The summed E-state index contributed by atoms with van der Waals surface area (Å²) in [6.45, 7) is 2.77. The van der Waals surface area contributed by atoms with Crippen LogP contribution < -0.4 is 10.6 Å². The van der Waals surface area contributed by atoms with E-state index in [4.69, 9.17) is 5.73 Å². The Bertz CT molecular complexity index is 323. The van der Waals surface area contributed by atoms with Crippen molar-refractivity contribution in [3.05, 3.63) is 29.6 Å². The molecule has 2 N–H and O–H groups in total. The maximum Gasteiger partial charge on any atom is 0.146 e. The standard InChI is InChI=1S/C12H19FN2/c1-9(6-7-14)10-4-5-11(13)12(8-10)15(2)3/h4-5,8-9H,6-7,14H2,1-3H3. The number of nitrogens with zero attached hydrogens (tertiary/aromatic N) is 1. The van der Waals surface area contributed by atoms with Crippen molar-refractivity contribution < 1.29 is 4.39 Å². The molecular formula is C12H19FN2. The summed E-state index contributed by atoms with van der Waals surface area (Å²) in [6, 6.07) is 5.26. The normalized spacial score (nSPS) is 12.6. The Morgan fingerprint density at radius 1 is 1.40 bits per heavy atom. The summed E-state index contributed by atoms with van der Waals surface area (Å²) in [5.74, 6) is 0.206. The Kier molecular flexibility index (Phi) is 4.09. The molecule has 3 heteroatoms. The zero-order chi connectivity index (χ0) is 11.4. The Balaban J connectivity index is 2.96. The van der Waals surface area contributed by atoms with Crippen molar-refractivity contribution in [2.24, 2.45) is 5.73 Å². The zero-order valence-corrected chi connectivity index (χ0v) is 9.63. The maximum absolute atomic E-state index is 13.4. The predicted octanol–water partition coefficient (Wildman–Crippen LogP) is 2.34. The van der Waals surface area contributed by atoms with Crippen molar-refractivity contribution in [1.82, 2.24) is 0 Å². The van der Waals surface area contributed by atoms with Crippen LogP contribution in [0.15, 0.2) is 18.2 Å². The number of hydrogen-bond acceptors (Lipinski definition) is 2. The molecule has 1 aromatic rings. The Labute approximate surface area is 90.9 Å². The first kappa shape index (κ1) is 12.0. The summed E-state index contributed by atoms with van der Waals surface area (Å²) in [5.41, 5.74) is 7.29. The fourth-order valence-corrected chi connectivity index (χ4v) is 1.60. The van der Waals surface area contributed by atoms with Crippen molar-refractivity contribution in [2.45, 2.75) is 19.3 Å². The van der Waals surface area contributed by atoms with E-state index in [1.807, 2.05) is 26.2 Å². The van der Waals surface area contributed by atoms with Crippen LogP contribution in [0.2, 0.25) is 0 Å². The lowest BCUT2D eigenvalue weighted by atomic mass is 9.97. The zero-order valence-electron chi connectivity index (χ0n) is 9.63. The molecule has 0 saturated heterocycles. The molecule has 0 bridgehead atoms. The molecule has 1 rings (SSSR count). The van der Waals surface area contributed by atoms with Crippen LogP contribution in [0.5, 0.6) is 0 Å². The fourth-order valence-electron chi connectivity index (χ4n) is 1.60. The number of halogens is 1. The number of nitrogens with two attached hydrogens (primary N) is 1. The van der Waals surface area contributed by atoms with E-state index in [9.17, 15) is 4.39 Å². The topological polar surface area (TPSA) is 29.3 Å². The average Bonchev–Trinajstić information content (AvgIpc) is 2.18. The third-order valence-electron chi connectivity index (χ3n) is 2.62. The van der Waals surface area contributed by atoms with Gasteiger partial charge in [0.15, 0.2) is 0 Å². The fraction of sp³-hybridized carbons (Fsp3) is 0.500. The molecule has 0 aliphatic carbocycles. The minimum atomic E-state index is -0.177. The molecule has 0 amide bonds. The lowest BCUT2D eigenvalue weighted by Crippen LogP contribution is -2.12. The van der Waals surface area contributed by atoms with Gasteiger partial charge in [-0.1, -0.05) is 13.0 Å². The molecule has 84 valence electrons. The van der Waals surface area contributed by atoms with Gasteiger partial charge in [0.1, 0.15) is 5.82 Å². The third-order valence-corrected chi connectivity index (χ3v) is 2.62. The van der Waals surface area contributed by atoms with Crippen LogP contribution >= 0.6 is 0 Å². The third kappa shape index (κ3) is 2.93. The van der Waals surface area contributed by atoms with Crippen LogP contribution in [0.1, 0.15) is 24.8 Å². The summed E-state index contributed by atoms with van der Waals surface area (Å²) in [4.78, 5) is 1.79. The Morgan fingerprint density at radius 2 is 2.07 bits per heavy atom. The highest BCUT2D eigenvalue weighted by Crippen LogP contribution is 2.25. The molecule has 0 radical (unpaired) electrons. The monoisotopic (exact) mass is 210 g/mol.